The number of hydrazone groups is 1. The van der Waals surface area contributed by atoms with Crippen LogP contribution in [0.2, 0.25) is 0 Å². The molecule has 2 aromatic rings. The summed E-state index contributed by atoms with van der Waals surface area (Å²) < 4.78 is 16.9. The number of rotatable bonds is 10. The first-order valence-electron chi connectivity index (χ1n) is 8.81. The summed E-state index contributed by atoms with van der Waals surface area (Å²) in [5.74, 6) is 2.12. The molecule has 148 valence electrons. The predicted octanol–water partition coefficient (Wildman–Crippen LogP) is 3.45. The molecule has 6 nitrogen and oxygen atoms in total. The molecule has 0 heterocycles. The van der Waals surface area contributed by atoms with Gasteiger partial charge in [-0.15, -0.1) is 6.58 Å². The summed E-state index contributed by atoms with van der Waals surface area (Å²) in [4.78, 5) is 0. The fourth-order valence-electron chi connectivity index (χ4n) is 2.28. The van der Waals surface area contributed by atoms with E-state index in [0.29, 0.717) is 36.4 Å². The molecule has 0 spiro atoms. The molecule has 0 bridgehead atoms. The zero-order valence-corrected chi connectivity index (χ0v) is 16.9. The molecule has 0 fully saturated rings. The highest BCUT2D eigenvalue weighted by molar-refractivity contribution is 7.80. The first-order chi connectivity index (χ1) is 13.6. The topological polar surface area (TPSA) is 64.1 Å². The first kappa shape index (κ1) is 21.2. The third-order valence-corrected chi connectivity index (χ3v) is 3.90. The molecule has 2 N–H and O–H groups in total. The van der Waals surface area contributed by atoms with E-state index >= 15 is 0 Å². The van der Waals surface area contributed by atoms with Crippen LogP contribution in [0.1, 0.15) is 11.1 Å². The van der Waals surface area contributed by atoms with E-state index in [1.54, 1.807) is 19.4 Å². The van der Waals surface area contributed by atoms with Gasteiger partial charge in [-0.25, -0.2) is 0 Å². The number of para-hydroxylation sites is 1. The Balaban J connectivity index is 1.85. The number of nitrogens with zero attached hydrogens (tertiary/aromatic N) is 1. The summed E-state index contributed by atoms with van der Waals surface area (Å²) in [5.41, 5.74) is 4.67. The lowest BCUT2D eigenvalue weighted by molar-refractivity contribution is 0.210. The Kier molecular flexibility index (Phi) is 8.81. The molecule has 7 heteroatoms. The van der Waals surface area contributed by atoms with Crippen LogP contribution < -0.4 is 25.0 Å². The zero-order valence-electron chi connectivity index (χ0n) is 16.1. The van der Waals surface area contributed by atoms with Crippen molar-refractivity contribution in [2.45, 2.75) is 6.92 Å². The standard InChI is InChI=1S/C21H25N3O3S/c1-4-11-22-21(28)24-23-15-17-9-10-19(20(14-17)25-3)27-13-12-26-18-8-6-5-7-16(18)2/h4-10,14-15H,1,11-13H2,2-3H3,(H2,22,24,28). The van der Waals surface area contributed by atoms with Crippen molar-refractivity contribution in [1.29, 1.82) is 0 Å². The third kappa shape index (κ3) is 6.92. The number of ether oxygens (including phenoxy) is 3. The molecular formula is C21H25N3O3S. The van der Waals surface area contributed by atoms with E-state index in [2.05, 4.69) is 22.4 Å². The Morgan fingerprint density at radius 1 is 1.11 bits per heavy atom. The smallest absolute Gasteiger partial charge is 0.187 e. The number of benzene rings is 2. The average Bonchev–Trinajstić information content (AvgIpc) is 2.71. The van der Waals surface area contributed by atoms with Crippen LogP contribution in [0.3, 0.4) is 0 Å². The lowest BCUT2D eigenvalue weighted by Gasteiger charge is -2.13. The minimum absolute atomic E-state index is 0.406. The molecule has 28 heavy (non-hydrogen) atoms. The molecular weight excluding hydrogens is 374 g/mol. The van der Waals surface area contributed by atoms with Gasteiger partial charge in [-0.3, -0.25) is 5.43 Å². The molecule has 0 aliphatic heterocycles. The van der Waals surface area contributed by atoms with Gasteiger partial charge >= 0.3 is 0 Å². The van der Waals surface area contributed by atoms with Gasteiger partial charge in [0.15, 0.2) is 16.6 Å². The average molecular weight is 400 g/mol. The van der Waals surface area contributed by atoms with Gasteiger partial charge in [0.05, 0.1) is 13.3 Å². The van der Waals surface area contributed by atoms with Crippen molar-refractivity contribution in [3.8, 4) is 17.2 Å². The third-order valence-electron chi connectivity index (χ3n) is 3.67. The molecule has 0 aliphatic carbocycles. The second-order valence-electron chi connectivity index (χ2n) is 5.74. The Bertz CT molecular complexity index is 824. The van der Waals surface area contributed by atoms with Crippen molar-refractivity contribution < 1.29 is 14.2 Å². The van der Waals surface area contributed by atoms with E-state index < -0.39 is 0 Å². The van der Waals surface area contributed by atoms with Gasteiger partial charge in [-0.05, 0) is 54.5 Å². The largest absolute Gasteiger partial charge is 0.493 e. The van der Waals surface area contributed by atoms with Crippen LogP contribution in [0.5, 0.6) is 17.2 Å². The monoisotopic (exact) mass is 399 g/mol. The lowest BCUT2D eigenvalue weighted by atomic mass is 10.2. The van der Waals surface area contributed by atoms with Gasteiger partial charge in [0, 0.05) is 6.54 Å². The van der Waals surface area contributed by atoms with Gasteiger partial charge in [0.25, 0.3) is 0 Å². The fourth-order valence-corrected chi connectivity index (χ4v) is 2.41. The lowest BCUT2D eigenvalue weighted by Crippen LogP contribution is -2.31. The van der Waals surface area contributed by atoms with Gasteiger partial charge in [-0.2, -0.15) is 5.10 Å². The van der Waals surface area contributed by atoms with Crippen LogP contribution >= 0.6 is 12.2 Å². The SMILES string of the molecule is C=CCNC(=S)NN=Cc1ccc(OCCOc2ccccc2C)c(OC)c1. The van der Waals surface area contributed by atoms with E-state index in [9.17, 15) is 0 Å². The normalized spacial score (nSPS) is 10.4. The summed E-state index contributed by atoms with van der Waals surface area (Å²) in [5, 5.41) is 7.44. The van der Waals surface area contributed by atoms with Crippen LogP contribution in [-0.4, -0.2) is 38.2 Å². The maximum absolute atomic E-state index is 5.78. The van der Waals surface area contributed by atoms with Crippen LogP contribution in [0.4, 0.5) is 0 Å². The number of hydrogen-bond acceptors (Lipinski definition) is 5. The maximum Gasteiger partial charge on any atom is 0.187 e. The van der Waals surface area contributed by atoms with E-state index in [-0.39, 0.29) is 0 Å². The van der Waals surface area contributed by atoms with Crippen LogP contribution in [0, 0.1) is 6.92 Å². The molecule has 0 unspecified atom stereocenters. The molecule has 2 aromatic carbocycles. The van der Waals surface area contributed by atoms with Gasteiger partial charge < -0.3 is 19.5 Å². The van der Waals surface area contributed by atoms with Crippen molar-refractivity contribution >= 4 is 23.5 Å². The van der Waals surface area contributed by atoms with Crippen molar-refractivity contribution in [3.05, 3.63) is 66.2 Å². The van der Waals surface area contributed by atoms with Gasteiger partial charge in [-0.1, -0.05) is 24.3 Å². The highest BCUT2D eigenvalue weighted by Crippen LogP contribution is 2.27. The first-order valence-corrected chi connectivity index (χ1v) is 9.22. The Hall–Kier alpha value is -3.06. The van der Waals surface area contributed by atoms with E-state index in [1.807, 2.05) is 49.4 Å². The number of thiocarbonyl (C=S) groups is 1. The molecule has 0 aromatic heterocycles. The number of aryl methyl sites for hydroxylation is 1. The summed E-state index contributed by atoms with van der Waals surface area (Å²) in [7, 11) is 1.60. The van der Waals surface area contributed by atoms with Crippen molar-refractivity contribution in [2.75, 3.05) is 26.9 Å². The number of methoxy groups -OCH3 is 1. The molecule has 0 saturated carbocycles. The van der Waals surface area contributed by atoms with Gasteiger partial charge in [0.2, 0.25) is 0 Å². The number of nitrogens with one attached hydrogen (secondary N) is 2. The molecule has 0 amide bonds. The highest BCUT2D eigenvalue weighted by Gasteiger charge is 2.06. The van der Waals surface area contributed by atoms with Crippen LogP contribution in [0.15, 0.2) is 60.2 Å². The van der Waals surface area contributed by atoms with Crippen molar-refractivity contribution in [3.63, 3.8) is 0 Å². The van der Waals surface area contributed by atoms with Crippen LogP contribution in [0.25, 0.3) is 0 Å². The summed E-state index contributed by atoms with van der Waals surface area (Å²) >= 11 is 5.07. The Morgan fingerprint density at radius 2 is 1.86 bits per heavy atom. The fraction of sp³-hybridized carbons (Fsp3) is 0.238. The molecule has 0 atom stereocenters. The van der Waals surface area contributed by atoms with Crippen LogP contribution in [-0.2, 0) is 0 Å². The Labute approximate surface area is 171 Å². The summed E-state index contributed by atoms with van der Waals surface area (Å²) in [6.07, 6.45) is 3.36. The number of hydrogen-bond donors (Lipinski definition) is 2. The molecule has 2 rings (SSSR count). The van der Waals surface area contributed by atoms with Crippen molar-refractivity contribution in [2.24, 2.45) is 5.10 Å². The minimum atomic E-state index is 0.406. The molecule has 0 aliphatic rings. The highest BCUT2D eigenvalue weighted by atomic mass is 32.1. The van der Waals surface area contributed by atoms with E-state index in [4.69, 9.17) is 26.4 Å². The summed E-state index contributed by atoms with van der Waals surface area (Å²) in [6, 6.07) is 13.4. The second-order valence-corrected chi connectivity index (χ2v) is 6.15. The Morgan fingerprint density at radius 3 is 2.57 bits per heavy atom. The molecule has 0 saturated heterocycles. The molecule has 0 radical (unpaired) electrons. The predicted molar refractivity (Wildman–Crippen MR) is 117 cm³/mol. The minimum Gasteiger partial charge on any atom is -0.493 e. The van der Waals surface area contributed by atoms with E-state index in [1.165, 1.54) is 0 Å². The maximum atomic E-state index is 5.78. The summed E-state index contributed by atoms with van der Waals surface area (Å²) in [6.45, 7) is 7.05. The van der Waals surface area contributed by atoms with Crippen molar-refractivity contribution in [1.82, 2.24) is 10.7 Å². The van der Waals surface area contributed by atoms with E-state index in [0.717, 1.165) is 16.9 Å². The second kappa shape index (κ2) is 11.6. The zero-order chi connectivity index (χ0) is 20.2. The van der Waals surface area contributed by atoms with Gasteiger partial charge in [0.1, 0.15) is 19.0 Å². The quantitative estimate of drug-likeness (QED) is 0.210.